The van der Waals surface area contributed by atoms with E-state index in [1.54, 1.807) is 28.8 Å². The molecule has 0 spiro atoms. The predicted molar refractivity (Wildman–Crippen MR) is 102 cm³/mol. The van der Waals surface area contributed by atoms with Gasteiger partial charge in [-0.1, -0.05) is 18.2 Å². The molecule has 0 amide bonds. The van der Waals surface area contributed by atoms with E-state index in [0.717, 1.165) is 5.69 Å². The number of fused-ring (bicyclic) bond motifs is 3. The van der Waals surface area contributed by atoms with Gasteiger partial charge in [-0.3, -0.25) is 9.36 Å². The molecule has 0 saturated carbocycles. The summed E-state index contributed by atoms with van der Waals surface area (Å²) < 4.78 is 3.50. The molecule has 4 aromatic rings. The van der Waals surface area contributed by atoms with Crippen LogP contribution in [0, 0.1) is 0 Å². The van der Waals surface area contributed by atoms with Gasteiger partial charge in [-0.15, -0.1) is 0 Å². The highest BCUT2D eigenvalue weighted by molar-refractivity contribution is 6.55. The fourth-order valence-corrected chi connectivity index (χ4v) is 4.24. The number of para-hydroxylation sites is 2. The molecule has 2 N–H and O–H groups in total. The third-order valence-corrected chi connectivity index (χ3v) is 5.46. The fraction of sp³-hybridized carbons (Fsp3) is 0.0455. The number of aromatic nitrogens is 2. The molecule has 0 saturated heterocycles. The minimum Gasteiger partial charge on any atom is -0.505 e. The number of nitrogens with zero attached hydrogens (tertiary/aromatic N) is 3. The zero-order valence-electron chi connectivity index (χ0n) is 14.6. The van der Waals surface area contributed by atoms with Gasteiger partial charge in [0.2, 0.25) is 23.4 Å². The van der Waals surface area contributed by atoms with Crippen LogP contribution >= 0.6 is 0 Å². The molecule has 0 radical (unpaired) electrons. The van der Waals surface area contributed by atoms with Gasteiger partial charge >= 0.3 is 0 Å². The molecule has 0 fully saturated rings. The van der Waals surface area contributed by atoms with Crippen LogP contribution in [0.2, 0.25) is 0 Å². The standard InChI is InChI=1S/C22H13N3O3/c26-20-12-6-1-2-8-14(12)23-17(20)19-21(27)13-7-5-10-15-18(13)25(19)22(28)16-9-3-4-11-24(15)16/h1-11,22,28H/p+1. The monoisotopic (exact) mass is 368 g/mol. The number of ketones is 1. The van der Waals surface area contributed by atoms with Gasteiger partial charge in [0.1, 0.15) is 16.9 Å². The predicted octanol–water partition coefficient (Wildman–Crippen LogP) is 2.79. The molecule has 1 atom stereocenters. The summed E-state index contributed by atoms with van der Waals surface area (Å²) in [5.41, 5.74) is 3.58. The zero-order valence-corrected chi connectivity index (χ0v) is 14.6. The normalized spacial score (nSPS) is 16.8. The van der Waals surface area contributed by atoms with Gasteiger partial charge in [-0.2, -0.15) is 4.57 Å². The Bertz CT molecular complexity index is 1370. The topological polar surface area (TPSA) is 78.7 Å². The zero-order chi connectivity index (χ0) is 19.0. The average Bonchev–Trinajstić information content (AvgIpc) is 3.22. The van der Waals surface area contributed by atoms with Crippen LogP contribution in [-0.4, -0.2) is 26.3 Å². The van der Waals surface area contributed by atoms with Crippen molar-refractivity contribution in [2.45, 2.75) is 6.23 Å². The van der Waals surface area contributed by atoms with Crippen LogP contribution in [0.5, 0.6) is 5.75 Å². The third kappa shape index (κ3) is 1.72. The van der Waals surface area contributed by atoms with E-state index in [-0.39, 0.29) is 22.9 Å². The van der Waals surface area contributed by atoms with E-state index in [1.165, 1.54) is 0 Å². The lowest BCUT2D eigenvalue weighted by Gasteiger charge is -2.20. The Morgan fingerprint density at radius 2 is 1.82 bits per heavy atom. The molecule has 0 aliphatic carbocycles. The first kappa shape index (κ1) is 15.3. The number of benzene rings is 2. The quantitative estimate of drug-likeness (QED) is 0.507. The molecule has 6 heteroatoms. The molecule has 134 valence electrons. The van der Waals surface area contributed by atoms with Crippen LogP contribution in [-0.2, 0) is 0 Å². The lowest BCUT2D eigenvalue weighted by molar-refractivity contribution is -0.610. The third-order valence-electron chi connectivity index (χ3n) is 5.46. The van der Waals surface area contributed by atoms with Crippen LogP contribution in [0.25, 0.3) is 16.6 Å². The van der Waals surface area contributed by atoms with Crippen LogP contribution < -0.4 is 4.57 Å². The van der Waals surface area contributed by atoms with E-state index in [4.69, 9.17) is 0 Å². The number of aliphatic imine (C=N–C) groups is 1. The molecule has 2 aromatic heterocycles. The maximum Gasteiger partial charge on any atom is 0.237 e. The Balaban J connectivity index is 1.72. The summed E-state index contributed by atoms with van der Waals surface area (Å²) in [6, 6.07) is 18.2. The number of hydrogen-bond acceptors (Lipinski definition) is 4. The summed E-state index contributed by atoms with van der Waals surface area (Å²) in [5.74, 6) is -0.311. The van der Waals surface area contributed by atoms with Crippen molar-refractivity contribution in [2.24, 2.45) is 4.99 Å². The summed E-state index contributed by atoms with van der Waals surface area (Å²) in [6.45, 7) is 0. The van der Waals surface area contributed by atoms with Crippen molar-refractivity contribution in [1.82, 2.24) is 4.57 Å². The molecule has 2 aromatic carbocycles. The Morgan fingerprint density at radius 3 is 2.68 bits per heavy atom. The minimum absolute atomic E-state index is 0.0517. The maximum absolute atomic E-state index is 13.0. The van der Waals surface area contributed by atoms with E-state index in [0.29, 0.717) is 27.8 Å². The number of aliphatic hydroxyl groups is 1. The van der Waals surface area contributed by atoms with Gasteiger partial charge in [0.15, 0.2) is 11.9 Å². The maximum atomic E-state index is 13.0. The Labute approximate surface area is 159 Å². The highest BCUT2D eigenvalue weighted by Crippen LogP contribution is 2.42. The molecule has 2 aliphatic heterocycles. The van der Waals surface area contributed by atoms with Gasteiger partial charge in [0.05, 0.1) is 5.69 Å². The van der Waals surface area contributed by atoms with Gasteiger partial charge < -0.3 is 10.2 Å². The summed E-state index contributed by atoms with van der Waals surface area (Å²) in [5, 5.41) is 22.7. The molecule has 1 unspecified atom stereocenters. The second-order valence-electron chi connectivity index (χ2n) is 6.92. The molecule has 6 nitrogen and oxygen atoms in total. The van der Waals surface area contributed by atoms with Crippen LogP contribution in [0.4, 0.5) is 5.69 Å². The number of rotatable bonds is 1. The molecule has 28 heavy (non-hydrogen) atoms. The van der Waals surface area contributed by atoms with Gasteiger partial charge in [-0.25, -0.2) is 4.99 Å². The summed E-state index contributed by atoms with van der Waals surface area (Å²) in [6.07, 6.45) is 0.808. The molecular formula is C22H14N3O3+. The first-order valence-corrected chi connectivity index (χ1v) is 8.94. The van der Waals surface area contributed by atoms with Crippen molar-refractivity contribution < 1.29 is 19.6 Å². The Hall–Kier alpha value is -3.77. The fourth-order valence-electron chi connectivity index (χ4n) is 4.24. The number of carbonyl (C=O) groups is 1. The molecule has 6 rings (SSSR count). The van der Waals surface area contributed by atoms with Gasteiger partial charge in [0, 0.05) is 29.1 Å². The Kier molecular flexibility index (Phi) is 2.81. The van der Waals surface area contributed by atoms with E-state index in [1.807, 2.05) is 47.2 Å². The molecule has 2 aliphatic rings. The number of hydrogen-bond donors (Lipinski definition) is 2. The average molecular weight is 368 g/mol. The Morgan fingerprint density at radius 1 is 1.00 bits per heavy atom. The van der Waals surface area contributed by atoms with E-state index in [9.17, 15) is 15.0 Å². The van der Waals surface area contributed by atoms with Gasteiger partial charge in [0.25, 0.3) is 0 Å². The summed E-state index contributed by atoms with van der Waals surface area (Å²) in [7, 11) is 0. The summed E-state index contributed by atoms with van der Waals surface area (Å²) >= 11 is 0. The first-order valence-electron chi connectivity index (χ1n) is 8.94. The smallest absolute Gasteiger partial charge is 0.237 e. The van der Waals surface area contributed by atoms with Crippen molar-refractivity contribution in [3.8, 4) is 11.4 Å². The van der Waals surface area contributed by atoms with Crippen LogP contribution in [0.3, 0.4) is 0 Å². The van der Waals surface area contributed by atoms with Crippen molar-refractivity contribution in [3.63, 3.8) is 0 Å². The number of carbonyl (C=O) groups excluding carboxylic acids is 1. The minimum atomic E-state index is -1.06. The van der Waals surface area contributed by atoms with Crippen molar-refractivity contribution in [2.75, 3.05) is 0 Å². The van der Waals surface area contributed by atoms with Crippen LogP contribution in [0.1, 0.15) is 28.0 Å². The molecular weight excluding hydrogens is 354 g/mol. The number of pyridine rings is 1. The van der Waals surface area contributed by atoms with E-state index in [2.05, 4.69) is 4.99 Å². The number of Topliss-reactive ketones (excluding diaryl/α,β-unsaturated/α-hetero) is 1. The molecule has 4 heterocycles. The SMILES string of the molecule is O=C1C(c2c(O)c3cccc4c3n2C(O)c2cccc[n+]2-4)=Nc2ccccc21. The van der Waals surface area contributed by atoms with Gasteiger partial charge in [-0.05, 0) is 24.3 Å². The molecule has 0 bridgehead atoms. The van der Waals surface area contributed by atoms with E-state index < -0.39 is 6.23 Å². The van der Waals surface area contributed by atoms with Crippen molar-refractivity contribution >= 4 is 28.1 Å². The van der Waals surface area contributed by atoms with Crippen molar-refractivity contribution in [3.05, 3.63) is 83.8 Å². The highest BCUT2D eigenvalue weighted by Gasteiger charge is 2.40. The second-order valence-corrected chi connectivity index (χ2v) is 6.92. The summed E-state index contributed by atoms with van der Waals surface area (Å²) in [4.78, 5) is 17.5. The largest absolute Gasteiger partial charge is 0.505 e. The number of aromatic hydroxyl groups is 1. The lowest BCUT2D eigenvalue weighted by Crippen LogP contribution is -2.42. The van der Waals surface area contributed by atoms with Crippen LogP contribution in [0.15, 0.2) is 71.9 Å². The second kappa shape index (κ2) is 5.15. The first-order chi connectivity index (χ1) is 13.7. The highest BCUT2D eigenvalue weighted by atomic mass is 16.3. The lowest BCUT2D eigenvalue weighted by atomic mass is 10.1. The van der Waals surface area contributed by atoms with Crippen molar-refractivity contribution in [1.29, 1.82) is 0 Å². The number of aliphatic hydroxyl groups excluding tert-OH is 1. The van der Waals surface area contributed by atoms with E-state index >= 15 is 0 Å².